The second kappa shape index (κ2) is 7.83. The number of hydrogen-bond donors (Lipinski definition) is 3. The number of halogens is 4. The van der Waals surface area contributed by atoms with Crippen LogP contribution in [0, 0.1) is 5.92 Å². The Kier molecular flexibility index (Phi) is 6.02. The second-order valence-corrected chi connectivity index (χ2v) is 5.90. The van der Waals surface area contributed by atoms with Crippen LogP contribution in [0.4, 0.5) is 18.9 Å². The summed E-state index contributed by atoms with van der Waals surface area (Å²) in [6.07, 6.45) is -3.63. The predicted octanol–water partition coefficient (Wildman–Crippen LogP) is 1.94. The third-order valence-corrected chi connectivity index (χ3v) is 4.01. The molecule has 2 rings (SSSR count). The molecule has 0 spiro atoms. The van der Waals surface area contributed by atoms with Crippen LogP contribution in [0.15, 0.2) is 18.2 Å². The van der Waals surface area contributed by atoms with E-state index in [1.165, 1.54) is 0 Å². The fourth-order valence-electron chi connectivity index (χ4n) is 2.36. The summed E-state index contributed by atoms with van der Waals surface area (Å²) in [6.45, 7) is 1.26. The lowest BCUT2D eigenvalue weighted by atomic mass is 9.97. The Morgan fingerprint density at radius 1 is 1.12 bits per heavy atom. The van der Waals surface area contributed by atoms with Crippen molar-refractivity contribution in [3.05, 3.63) is 28.8 Å². The average molecular weight is 378 g/mol. The first-order valence-corrected chi connectivity index (χ1v) is 7.80. The number of hydrogen-bond acceptors (Lipinski definition) is 4. The Bertz CT molecular complexity index is 688. The van der Waals surface area contributed by atoms with Gasteiger partial charge in [0.1, 0.15) is 0 Å². The highest BCUT2D eigenvalue weighted by Gasteiger charge is 2.33. The van der Waals surface area contributed by atoms with Crippen molar-refractivity contribution in [3.63, 3.8) is 0 Å². The van der Waals surface area contributed by atoms with E-state index in [1.54, 1.807) is 0 Å². The molecule has 0 radical (unpaired) electrons. The van der Waals surface area contributed by atoms with Crippen molar-refractivity contribution < 1.29 is 27.6 Å². The molecule has 3 amide bonds. The van der Waals surface area contributed by atoms with Gasteiger partial charge in [0, 0.05) is 11.6 Å². The van der Waals surface area contributed by atoms with Gasteiger partial charge in [-0.05, 0) is 44.1 Å². The highest BCUT2D eigenvalue weighted by molar-refractivity contribution is 6.42. The summed E-state index contributed by atoms with van der Waals surface area (Å²) < 4.78 is 38.3. The molecule has 0 bridgehead atoms. The van der Waals surface area contributed by atoms with Gasteiger partial charge in [-0.1, -0.05) is 11.6 Å². The fourth-order valence-corrected chi connectivity index (χ4v) is 2.59. The van der Waals surface area contributed by atoms with Gasteiger partial charge < -0.3 is 10.6 Å². The molecule has 10 heteroatoms. The van der Waals surface area contributed by atoms with Crippen LogP contribution in [0.1, 0.15) is 18.4 Å². The lowest BCUT2D eigenvalue weighted by molar-refractivity contribution is -0.141. The van der Waals surface area contributed by atoms with E-state index in [0.29, 0.717) is 32.0 Å². The second-order valence-electron chi connectivity index (χ2n) is 5.49. The monoisotopic (exact) mass is 377 g/mol. The number of anilines is 1. The van der Waals surface area contributed by atoms with Gasteiger partial charge in [0.15, 0.2) is 0 Å². The van der Waals surface area contributed by atoms with Crippen molar-refractivity contribution in [2.24, 2.45) is 5.92 Å². The summed E-state index contributed by atoms with van der Waals surface area (Å²) in [5.74, 6) is -3.43. The van der Waals surface area contributed by atoms with Crippen LogP contribution in [0.2, 0.25) is 5.02 Å². The molecular formula is C15H15ClF3N3O3. The third-order valence-electron chi connectivity index (χ3n) is 3.68. The minimum Gasteiger partial charge on any atom is -0.318 e. The Morgan fingerprint density at radius 3 is 2.36 bits per heavy atom. The van der Waals surface area contributed by atoms with Crippen molar-refractivity contribution in [1.82, 2.24) is 10.6 Å². The topological polar surface area (TPSA) is 87.3 Å². The standard InChI is InChI=1S/C15H15ClF3N3O3/c16-11-2-1-9(7-10(11)15(17,18)19)21-13(24)14(25)22-12(23)8-3-5-20-6-4-8/h1-2,7-8,20H,3-6H2,(H,21,24)(H,22,23,25). The smallest absolute Gasteiger partial charge is 0.318 e. The van der Waals surface area contributed by atoms with Gasteiger partial charge in [0.05, 0.1) is 10.6 Å². The normalized spacial score (nSPS) is 15.5. The molecule has 6 nitrogen and oxygen atoms in total. The highest BCUT2D eigenvalue weighted by Crippen LogP contribution is 2.36. The summed E-state index contributed by atoms with van der Waals surface area (Å²) in [4.78, 5) is 35.4. The largest absolute Gasteiger partial charge is 0.417 e. The maximum absolute atomic E-state index is 12.8. The van der Waals surface area contributed by atoms with Gasteiger partial charge in [-0.25, -0.2) is 0 Å². The molecule has 136 valence electrons. The number of amides is 3. The van der Waals surface area contributed by atoms with Gasteiger partial charge in [-0.15, -0.1) is 0 Å². The van der Waals surface area contributed by atoms with E-state index in [9.17, 15) is 27.6 Å². The number of carbonyl (C=O) groups excluding carboxylic acids is 3. The lowest BCUT2D eigenvalue weighted by Crippen LogP contribution is -2.44. The molecule has 1 fully saturated rings. The van der Waals surface area contributed by atoms with Crippen molar-refractivity contribution in [3.8, 4) is 0 Å². The molecule has 1 saturated heterocycles. The highest BCUT2D eigenvalue weighted by atomic mass is 35.5. The number of carbonyl (C=O) groups is 3. The number of nitrogens with one attached hydrogen (secondary N) is 3. The first kappa shape index (κ1) is 19.2. The van der Waals surface area contributed by atoms with Crippen LogP contribution in [0.3, 0.4) is 0 Å². The molecule has 1 aliphatic heterocycles. The molecular weight excluding hydrogens is 363 g/mol. The van der Waals surface area contributed by atoms with Gasteiger partial charge in [-0.3, -0.25) is 19.7 Å². The first-order valence-electron chi connectivity index (χ1n) is 7.42. The zero-order valence-electron chi connectivity index (χ0n) is 12.9. The number of imide groups is 1. The molecule has 0 unspecified atom stereocenters. The van der Waals surface area contributed by atoms with Crippen LogP contribution < -0.4 is 16.0 Å². The number of alkyl halides is 3. The number of piperidine rings is 1. The Balaban J connectivity index is 1.99. The molecule has 0 aliphatic carbocycles. The van der Waals surface area contributed by atoms with Crippen LogP contribution in [-0.4, -0.2) is 30.8 Å². The van der Waals surface area contributed by atoms with E-state index in [0.717, 1.165) is 12.1 Å². The van der Waals surface area contributed by atoms with E-state index in [2.05, 4.69) is 5.32 Å². The summed E-state index contributed by atoms with van der Waals surface area (Å²) in [7, 11) is 0. The Hall–Kier alpha value is -2.13. The first-order chi connectivity index (χ1) is 11.7. The lowest BCUT2D eigenvalue weighted by Gasteiger charge is -2.21. The van der Waals surface area contributed by atoms with Crippen LogP contribution >= 0.6 is 11.6 Å². The summed E-state index contributed by atoms with van der Waals surface area (Å²) in [5, 5.41) is 6.50. The maximum atomic E-state index is 12.8. The van der Waals surface area contributed by atoms with Crippen molar-refractivity contribution in [2.75, 3.05) is 18.4 Å². The van der Waals surface area contributed by atoms with Crippen molar-refractivity contribution in [2.45, 2.75) is 19.0 Å². The molecule has 0 atom stereocenters. The Morgan fingerprint density at radius 2 is 1.76 bits per heavy atom. The molecule has 0 saturated carbocycles. The van der Waals surface area contributed by atoms with Gasteiger partial charge in [0.25, 0.3) is 0 Å². The molecule has 0 aromatic heterocycles. The van der Waals surface area contributed by atoms with E-state index < -0.39 is 34.5 Å². The predicted molar refractivity (Wildman–Crippen MR) is 83.8 cm³/mol. The molecule has 25 heavy (non-hydrogen) atoms. The SMILES string of the molecule is O=C(NC(=O)C1CCNCC1)C(=O)Nc1ccc(Cl)c(C(F)(F)F)c1. The van der Waals surface area contributed by atoms with E-state index in [1.807, 2.05) is 10.6 Å². The molecule has 1 aliphatic rings. The number of benzene rings is 1. The summed E-state index contributed by atoms with van der Waals surface area (Å²) in [5.41, 5.74) is -1.40. The minimum absolute atomic E-state index is 0.258. The fraction of sp³-hybridized carbons (Fsp3) is 0.400. The minimum atomic E-state index is -4.70. The maximum Gasteiger partial charge on any atom is 0.417 e. The quantitative estimate of drug-likeness (QED) is 0.687. The van der Waals surface area contributed by atoms with Crippen LogP contribution in [0.25, 0.3) is 0 Å². The molecule has 1 aromatic carbocycles. The van der Waals surface area contributed by atoms with Crippen LogP contribution in [-0.2, 0) is 20.6 Å². The van der Waals surface area contributed by atoms with E-state index in [4.69, 9.17) is 11.6 Å². The third kappa shape index (κ3) is 5.17. The van der Waals surface area contributed by atoms with E-state index in [-0.39, 0.29) is 11.6 Å². The van der Waals surface area contributed by atoms with Gasteiger partial charge in [0.2, 0.25) is 5.91 Å². The zero-order chi connectivity index (χ0) is 18.6. The number of rotatable bonds is 2. The summed E-state index contributed by atoms with van der Waals surface area (Å²) >= 11 is 5.47. The molecule has 3 N–H and O–H groups in total. The van der Waals surface area contributed by atoms with Crippen LogP contribution in [0.5, 0.6) is 0 Å². The summed E-state index contributed by atoms with van der Waals surface area (Å²) in [6, 6.07) is 2.69. The van der Waals surface area contributed by atoms with E-state index >= 15 is 0 Å². The molecule has 1 aromatic rings. The zero-order valence-corrected chi connectivity index (χ0v) is 13.6. The Labute approximate surface area is 146 Å². The van der Waals surface area contributed by atoms with Crippen molar-refractivity contribution >= 4 is 35.0 Å². The van der Waals surface area contributed by atoms with Gasteiger partial charge in [-0.2, -0.15) is 13.2 Å². The van der Waals surface area contributed by atoms with Gasteiger partial charge >= 0.3 is 18.0 Å². The average Bonchev–Trinajstić information content (AvgIpc) is 2.56. The van der Waals surface area contributed by atoms with Crippen molar-refractivity contribution in [1.29, 1.82) is 0 Å². The molecule has 1 heterocycles.